The van der Waals surface area contributed by atoms with Crippen molar-refractivity contribution in [2.45, 2.75) is 38.9 Å². The first-order chi connectivity index (χ1) is 7.28. The van der Waals surface area contributed by atoms with Gasteiger partial charge in [0.25, 0.3) is 0 Å². The number of hydrogen-bond donors (Lipinski definition) is 2. The zero-order valence-corrected chi connectivity index (χ0v) is 10.3. The highest BCUT2D eigenvalue weighted by atomic mass is 31.2. The second-order valence-electron chi connectivity index (χ2n) is 3.22. The molecule has 0 saturated heterocycles. The Morgan fingerprint density at radius 3 is 2.38 bits per heavy atom. The Balaban J connectivity index is 4.90. The van der Waals surface area contributed by atoms with E-state index in [1.807, 2.05) is 0 Å². The molecule has 0 bridgehead atoms. The van der Waals surface area contributed by atoms with Gasteiger partial charge in [0.2, 0.25) is 5.79 Å². The molecule has 0 aromatic carbocycles. The van der Waals surface area contributed by atoms with Crippen molar-refractivity contribution >= 4 is 13.8 Å². The molecule has 0 aliphatic carbocycles. The molecule has 1 atom stereocenters. The lowest BCUT2D eigenvalue weighted by Gasteiger charge is -2.31. The van der Waals surface area contributed by atoms with Crippen molar-refractivity contribution in [3.63, 3.8) is 0 Å². The normalized spacial score (nSPS) is 15.2. The molecule has 0 aromatic heterocycles. The van der Waals surface area contributed by atoms with E-state index in [9.17, 15) is 9.36 Å². The molecule has 0 fully saturated rings. The van der Waals surface area contributed by atoms with Crippen LogP contribution in [0.1, 0.15) is 33.1 Å². The molecule has 0 heterocycles. The number of carbonyl (C=O) groups excluding carboxylic acids is 1. The smallest absolute Gasteiger partial charge is 0.429 e. The van der Waals surface area contributed by atoms with Crippen LogP contribution >= 0.6 is 7.82 Å². The third-order valence-corrected chi connectivity index (χ3v) is 2.48. The van der Waals surface area contributed by atoms with Crippen molar-refractivity contribution in [1.82, 2.24) is 0 Å². The molecule has 0 aliphatic heterocycles. The number of phosphoric ester groups is 1. The summed E-state index contributed by atoms with van der Waals surface area (Å²) in [6.07, 6.45) is 1.82. The van der Waals surface area contributed by atoms with Gasteiger partial charge in [-0.3, -0.25) is 0 Å². The average molecular weight is 252 g/mol. The quantitative estimate of drug-likeness (QED) is 0.310. The van der Waals surface area contributed by atoms with Gasteiger partial charge in [-0.2, -0.15) is 0 Å². The summed E-state index contributed by atoms with van der Waals surface area (Å²) in [5.41, 5.74) is 0. The molecule has 16 heavy (non-hydrogen) atoms. The topological polar surface area (TPSA) is 93.1 Å². The summed E-state index contributed by atoms with van der Waals surface area (Å²) < 4.78 is 20.3. The van der Waals surface area contributed by atoms with Gasteiger partial charge in [-0.15, -0.1) is 0 Å². The van der Waals surface area contributed by atoms with Crippen molar-refractivity contribution in [1.29, 1.82) is 0 Å². The first-order valence-corrected chi connectivity index (χ1v) is 6.43. The minimum Gasteiger partial charge on any atom is -0.429 e. The van der Waals surface area contributed by atoms with E-state index < -0.39 is 19.6 Å². The second kappa shape index (κ2) is 6.15. The Hall–Kier alpha value is -0.680. The molecule has 2 N–H and O–H groups in total. The summed E-state index contributed by atoms with van der Waals surface area (Å²) in [7, 11) is -4.71. The third-order valence-electron chi connectivity index (χ3n) is 1.91. The Labute approximate surface area is 94.5 Å². The van der Waals surface area contributed by atoms with Crippen LogP contribution in [0.25, 0.3) is 0 Å². The maximum atomic E-state index is 11.1. The minimum atomic E-state index is -4.71. The molecule has 0 saturated carbocycles. The Morgan fingerprint density at radius 1 is 1.50 bits per heavy atom. The number of ether oxygens (including phenoxy) is 1. The predicted octanol–water partition coefficient (Wildman–Crippen LogP) is 1.73. The predicted molar refractivity (Wildman–Crippen MR) is 57.3 cm³/mol. The van der Waals surface area contributed by atoms with E-state index in [4.69, 9.17) is 14.5 Å². The van der Waals surface area contributed by atoms with Crippen LogP contribution < -0.4 is 0 Å². The summed E-state index contributed by atoms with van der Waals surface area (Å²) in [4.78, 5) is 28.6. The SMILES string of the molecule is C=CC(=O)OC(CC)(CCC)OP(=O)(O)O. The molecule has 0 rings (SSSR count). The van der Waals surface area contributed by atoms with Crippen molar-refractivity contribution in [2.75, 3.05) is 0 Å². The monoisotopic (exact) mass is 252 g/mol. The van der Waals surface area contributed by atoms with Crippen molar-refractivity contribution in [3.05, 3.63) is 12.7 Å². The number of rotatable bonds is 7. The second-order valence-corrected chi connectivity index (χ2v) is 4.39. The fourth-order valence-corrected chi connectivity index (χ4v) is 1.94. The molecule has 1 unspecified atom stereocenters. The van der Waals surface area contributed by atoms with Gasteiger partial charge in [-0.05, 0) is 6.42 Å². The molecule has 7 heteroatoms. The molecule has 0 spiro atoms. The molecule has 94 valence electrons. The number of phosphoric acid groups is 1. The summed E-state index contributed by atoms with van der Waals surface area (Å²) in [5, 5.41) is 0. The van der Waals surface area contributed by atoms with E-state index in [0.29, 0.717) is 6.42 Å². The molecule has 0 aromatic rings. The zero-order valence-electron chi connectivity index (χ0n) is 9.38. The van der Waals surface area contributed by atoms with Gasteiger partial charge in [0.15, 0.2) is 0 Å². The van der Waals surface area contributed by atoms with Crippen LogP contribution in [0, 0.1) is 0 Å². The third kappa shape index (κ3) is 5.42. The highest BCUT2D eigenvalue weighted by Gasteiger charge is 2.39. The van der Waals surface area contributed by atoms with Gasteiger partial charge in [0.1, 0.15) is 0 Å². The molecular formula is C9H17O6P. The van der Waals surface area contributed by atoms with Crippen LogP contribution in [0.15, 0.2) is 12.7 Å². The maximum Gasteiger partial charge on any atom is 0.472 e. The molecule has 6 nitrogen and oxygen atoms in total. The first kappa shape index (κ1) is 15.3. The molecule has 0 radical (unpaired) electrons. The number of esters is 1. The first-order valence-electron chi connectivity index (χ1n) is 4.90. The fraction of sp³-hybridized carbons (Fsp3) is 0.667. The summed E-state index contributed by atoms with van der Waals surface area (Å²) >= 11 is 0. The highest BCUT2D eigenvalue weighted by Crippen LogP contribution is 2.44. The van der Waals surface area contributed by atoms with Crippen LogP contribution in [0.3, 0.4) is 0 Å². The van der Waals surface area contributed by atoms with Gasteiger partial charge in [-0.25, -0.2) is 13.9 Å². The standard InChI is InChI=1S/C9H17O6P/c1-4-7-9(6-3,14-8(10)5-2)15-16(11,12)13/h5H,2,4,6-7H2,1,3H3,(H2,11,12,13). The number of carbonyl (C=O) groups is 1. The fourth-order valence-electron chi connectivity index (χ4n) is 1.25. The van der Waals surface area contributed by atoms with Crippen LogP contribution in [0.2, 0.25) is 0 Å². The molecule has 0 aliphatic rings. The van der Waals surface area contributed by atoms with Crippen LogP contribution in [0.4, 0.5) is 0 Å². The van der Waals surface area contributed by atoms with Crippen molar-refractivity contribution in [2.24, 2.45) is 0 Å². The summed E-state index contributed by atoms with van der Waals surface area (Å²) in [6, 6.07) is 0. The summed E-state index contributed by atoms with van der Waals surface area (Å²) in [5.74, 6) is -2.36. The van der Waals surface area contributed by atoms with E-state index in [1.54, 1.807) is 13.8 Å². The van der Waals surface area contributed by atoms with Crippen LogP contribution in [0.5, 0.6) is 0 Å². The lowest BCUT2D eigenvalue weighted by Crippen LogP contribution is -2.36. The Bertz CT molecular complexity index is 296. The maximum absolute atomic E-state index is 11.1. The van der Waals surface area contributed by atoms with E-state index >= 15 is 0 Å². The minimum absolute atomic E-state index is 0.144. The van der Waals surface area contributed by atoms with Gasteiger partial charge >= 0.3 is 13.8 Å². The van der Waals surface area contributed by atoms with Crippen LogP contribution in [-0.4, -0.2) is 21.5 Å². The lowest BCUT2D eigenvalue weighted by atomic mass is 10.1. The summed E-state index contributed by atoms with van der Waals surface area (Å²) in [6.45, 7) is 6.61. The van der Waals surface area contributed by atoms with Crippen molar-refractivity contribution in [3.8, 4) is 0 Å². The van der Waals surface area contributed by atoms with Gasteiger partial charge in [-0.1, -0.05) is 20.4 Å². The van der Waals surface area contributed by atoms with E-state index in [-0.39, 0.29) is 12.8 Å². The largest absolute Gasteiger partial charge is 0.472 e. The average Bonchev–Trinajstić information content (AvgIpc) is 2.15. The lowest BCUT2D eigenvalue weighted by molar-refractivity contribution is -0.201. The van der Waals surface area contributed by atoms with Crippen LogP contribution in [-0.2, 0) is 18.6 Å². The van der Waals surface area contributed by atoms with Gasteiger partial charge < -0.3 is 14.5 Å². The zero-order chi connectivity index (χ0) is 12.8. The Kier molecular flexibility index (Phi) is 5.89. The Morgan fingerprint density at radius 2 is 2.06 bits per heavy atom. The molecular weight excluding hydrogens is 235 g/mol. The van der Waals surface area contributed by atoms with E-state index in [2.05, 4.69) is 11.1 Å². The van der Waals surface area contributed by atoms with Gasteiger partial charge in [0, 0.05) is 18.9 Å². The molecule has 0 amide bonds. The van der Waals surface area contributed by atoms with Gasteiger partial charge in [0.05, 0.1) is 0 Å². The number of hydrogen-bond acceptors (Lipinski definition) is 4. The van der Waals surface area contributed by atoms with E-state index in [1.165, 1.54) is 0 Å². The van der Waals surface area contributed by atoms with Crippen molar-refractivity contribution < 1.29 is 28.4 Å². The highest BCUT2D eigenvalue weighted by molar-refractivity contribution is 7.46. The van der Waals surface area contributed by atoms with E-state index in [0.717, 1.165) is 6.08 Å².